The van der Waals surface area contributed by atoms with Crippen molar-refractivity contribution in [3.63, 3.8) is 0 Å². The lowest BCUT2D eigenvalue weighted by atomic mass is 9.92. The van der Waals surface area contributed by atoms with E-state index in [9.17, 15) is 26.3 Å². The molecular weight excluding hydrogens is 1100 g/mol. The first-order valence-electron chi connectivity index (χ1n) is 19.2. The first-order chi connectivity index (χ1) is 35.0. The molecule has 0 aliphatic rings. The molecule has 1 heterocycles. The van der Waals surface area contributed by atoms with Crippen LogP contribution >= 0.6 is 0 Å². The molecule has 0 unspecified atom stereocenters. The predicted molar refractivity (Wildman–Crippen MR) is 200 cm³/mol. The summed E-state index contributed by atoms with van der Waals surface area (Å²) in [7, 11) is 0. The minimum atomic E-state index is -3.25. The van der Waals surface area contributed by atoms with Crippen LogP contribution in [0.15, 0.2) is 0 Å². The molecule has 0 atom stereocenters. The normalized spacial score (nSPS) is 12.2. The fourth-order valence-electron chi connectivity index (χ4n) is 8.54. The van der Waals surface area contributed by atoms with Gasteiger partial charge in [0.1, 0.15) is 23.3 Å². The molecule has 10 rings (SSSR count). The Balaban J connectivity index is 1.58. The van der Waals surface area contributed by atoms with E-state index >= 15 is 92.2 Å². The zero-order valence-corrected chi connectivity index (χ0v) is 34.0. The van der Waals surface area contributed by atoms with Crippen LogP contribution in [0.4, 0.5) is 119 Å². The second kappa shape index (κ2) is 16.3. The Bertz CT molecular complexity index is 4090. The Hall–Kier alpha value is -8.34. The van der Waals surface area contributed by atoms with Crippen molar-refractivity contribution in [1.29, 1.82) is 0 Å². The lowest BCUT2D eigenvalue weighted by Crippen LogP contribution is -2.12. The minimum absolute atomic E-state index is 2.49. The lowest BCUT2D eigenvalue weighted by Gasteiger charge is -2.19. The number of rotatable bonds is 3. The molecule has 75 heavy (non-hydrogen) atoms. The summed E-state index contributed by atoms with van der Waals surface area (Å²) < 4.78 is 420. The van der Waals surface area contributed by atoms with Gasteiger partial charge in [-0.1, -0.05) is 0 Å². The molecule has 0 saturated carbocycles. The van der Waals surface area contributed by atoms with E-state index in [1.165, 1.54) is 0 Å². The van der Waals surface area contributed by atoms with Crippen LogP contribution in [0.25, 0.3) is 98.8 Å². The molecule has 0 saturated heterocycles. The number of benzene rings is 9. The van der Waals surface area contributed by atoms with Gasteiger partial charge in [-0.15, -0.1) is 0 Å². The Labute approximate surface area is 389 Å². The van der Waals surface area contributed by atoms with Gasteiger partial charge < -0.3 is 0 Å². The fourth-order valence-corrected chi connectivity index (χ4v) is 8.54. The quantitative estimate of drug-likeness (QED) is 0.0766. The maximum atomic E-state index is 16.8. The number of halogens is 27. The first-order valence-corrected chi connectivity index (χ1v) is 19.2. The van der Waals surface area contributed by atoms with Gasteiger partial charge >= 0.3 is 0 Å². The van der Waals surface area contributed by atoms with Crippen LogP contribution in [0.5, 0.6) is 0 Å². The van der Waals surface area contributed by atoms with E-state index < -0.39 is 256 Å². The first kappa shape index (κ1) is 50.2. The van der Waals surface area contributed by atoms with E-state index in [-0.39, 0.29) is 0 Å². The highest BCUT2D eigenvalue weighted by atomic mass is 19.2. The van der Waals surface area contributed by atoms with Crippen LogP contribution in [0.3, 0.4) is 0 Å². The summed E-state index contributed by atoms with van der Waals surface area (Å²) in [6.45, 7) is 0. The SMILES string of the molecule is Fc1c(F)c(F)c2c(F)c3c(-c4nc(-c5c6c(F)c(F)c(F)c(F)c6c(F)c6c(F)c(F)c(F)c(F)c56)nc(-c5c6c(F)c(F)c(F)c(F)c6c(F)c6c(F)c(F)c(F)c(F)c56)n4)c(F)c(F)c(F)c3c(F)c2c1F. The largest absolute Gasteiger partial charge is 0.208 e. The minimum Gasteiger partial charge on any atom is -0.208 e. The lowest BCUT2D eigenvalue weighted by molar-refractivity contribution is 0.413. The molecule has 3 nitrogen and oxygen atoms in total. The van der Waals surface area contributed by atoms with Crippen LogP contribution < -0.4 is 0 Å². The molecule has 0 radical (unpaired) electrons. The van der Waals surface area contributed by atoms with Gasteiger partial charge in [0.05, 0.1) is 43.3 Å². The summed E-state index contributed by atoms with van der Waals surface area (Å²) >= 11 is 0. The van der Waals surface area contributed by atoms with E-state index in [2.05, 4.69) is 15.0 Å². The highest BCUT2D eigenvalue weighted by Gasteiger charge is 2.40. The summed E-state index contributed by atoms with van der Waals surface area (Å²) in [6.07, 6.45) is 0. The van der Waals surface area contributed by atoms with Gasteiger partial charge in [0.25, 0.3) is 0 Å². The van der Waals surface area contributed by atoms with Crippen molar-refractivity contribution < 1.29 is 119 Å². The third-order valence-electron chi connectivity index (χ3n) is 11.7. The monoisotopic (exact) mass is 1090 g/mol. The number of aromatic nitrogens is 3. The zero-order valence-electron chi connectivity index (χ0n) is 34.0. The average molecular weight is 1100 g/mol. The van der Waals surface area contributed by atoms with Gasteiger partial charge in [0.15, 0.2) is 151 Å². The molecule has 0 aliphatic carbocycles. The van der Waals surface area contributed by atoms with E-state index in [1.54, 1.807) is 0 Å². The molecule has 0 aliphatic heterocycles. The molecule has 0 amide bonds. The third-order valence-corrected chi connectivity index (χ3v) is 11.7. The summed E-state index contributed by atoms with van der Waals surface area (Å²) in [5.41, 5.74) is -7.66. The van der Waals surface area contributed by atoms with Crippen molar-refractivity contribution in [1.82, 2.24) is 15.0 Å². The Morgan fingerprint density at radius 1 is 0.120 bits per heavy atom. The van der Waals surface area contributed by atoms with Gasteiger partial charge in [-0.05, 0) is 0 Å². The molecule has 384 valence electrons. The van der Waals surface area contributed by atoms with Gasteiger partial charge in [-0.25, -0.2) is 133 Å². The molecule has 0 fully saturated rings. The van der Waals surface area contributed by atoms with Gasteiger partial charge in [-0.2, -0.15) is 0 Å². The molecule has 0 spiro atoms. The van der Waals surface area contributed by atoms with Crippen LogP contribution in [0.1, 0.15) is 0 Å². The summed E-state index contributed by atoms with van der Waals surface area (Å²) in [4.78, 5) is 9.48. The second-order valence-corrected chi connectivity index (χ2v) is 15.4. The topological polar surface area (TPSA) is 38.7 Å². The average Bonchev–Trinajstić information content (AvgIpc) is 3.38. The van der Waals surface area contributed by atoms with Crippen molar-refractivity contribution in [3.8, 4) is 34.2 Å². The predicted octanol–water partition coefficient (Wildman–Crippen LogP) is 15.5. The van der Waals surface area contributed by atoms with Crippen molar-refractivity contribution in [2.24, 2.45) is 0 Å². The molecule has 0 bridgehead atoms. The van der Waals surface area contributed by atoms with Crippen molar-refractivity contribution >= 4 is 64.6 Å². The van der Waals surface area contributed by atoms with E-state index in [4.69, 9.17) is 0 Å². The number of fused-ring (bicyclic) bond motifs is 6. The fraction of sp³-hybridized carbons (Fsp3) is 0. The molecule has 9 aromatic carbocycles. The number of hydrogen-bond acceptors (Lipinski definition) is 3. The van der Waals surface area contributed by atoms with Gasteiger partial charge in [0, 0.05) is 38.1 Å². The molecule has 1 aromatic heterocycles. The standard InChI is InChI=1S/C45F27N3/c46-16-5-12(19(49)14-13(16)29(59)41(71)42(72)30(14)60)24(54)32(62)31(61)15(5)45-74-43(6-1-8(25(55)37(67)33(63)20(1)50)17(47)9-2(6)21(51)34(64)38(68)26(9)56)73-44(75-45)7-3-10(27(57)39(69)35(65)22(3)52)18(48)11-4(7)23(53)36(66)40(70)28(11)58. The van der Waals surface area contributed by atoms with Crippen LogP contribution in [0, 0.1) is 157 Å². The van der Waals surface area contributed by atoms with Crippen molar-refractivity contribution in [2.75, 3.05) is 0 Å². The van der Waals surface area contributed by atoms with E-state index in [1.807, 2.05) is 0 Å². The highest BCUT2D eigenvalue weighted by Crippen LogP contribution is 2.50. The Morgan fingerprint density at radius 3 is 0.467 bits per heavy atom. The molecule has 0 N–H and O–H groups in total. The van der Waals surface area contributed by atoms with E-state index in [0.29, 0.717) is 0 Å². The maximum absolute atomic E-state index is 16.8. The highest BCUT2D eigenvalue weighted by molar-refractivity contribution is 6.16. The van der Waals surface area contributed by atoms with Crippen LogP contribution in [-0.2, 0) is 0 Å². The van der Waals surface area contributed by atoms with Crippen LogP contribution in [0.2, 0.25) is 0 Å². The molecule has 30 heteroatoms. The molecule has 10 aromatic rings. The Morgan fingerprint density at radius 2 is 0.253 bits per heavy atom. The Kier molecular flexibility index (Phi) is 10.9. The second-order valence-electron chi connectivity index (χ2n) is 15.4. The third kappa shape index (κ3) is 6.17. The number of nitrogens with zero attached hydrogens (tertiary/aromatic N) is 3. The zero-order chi connectivity index (χ0) is 55.1. The summed E-state index contributed by atoms with van der Waals surface area (Å²) in [6, 6.07) is 0. The van der Waals surface area contributed by atoms with Crippen molar-refractivity contribution in [3.05, 3.63) is 157 Å². The number of hydrogen-bond donors (Lipinski definition) is 0. The summed E-state index contributed by atoms with van der Waals surface area (Å²) in [5.74, 6) is -91.2. The van der Waals surface area contributed by atoms with Crippen LogP contribution in [-0.4, -0.2) is 15.0 Å². The maximum Gasteiger partial charge on any atom is 0.198 e. The van der Waals surface area contributed by atoms with Gasteiger partial charge in [0.2, 0.25) is 0 Å². The van der Waals surface area contributed by atoms with Gasteiger partial charge in [-0.3, -0.25) is 0 Å². The van der Waals surface area contributed by atoms with Crippen molar-refractivity contribution in [2.45, 2.75) is 0 Å². The smallest absolute Gasteiger partial charge is 0.198 e. The van der Waals surface area contributed by atoms with E-state index in [0.717, 1.165) is 0 Å². The molecular formula is C45F27N3. The summed E-state index contributed by atoms with van der Waals surface area (Å²) in [5, 5.41) is -30.8.